The van der Waals surface area contributed by atoms with E-state index in [1.807, 2.05) is 32.0 Å². The largest absolute Gasteiger partial charge is 0.497 e. The van der Waals surface area contributed by atoms with Crippen LogP contribution in [0, 0.1) is 0 Å². The molecule has 0 aliphatic heterocycles. The molecule has 4 heteroatoms. The summed E-state index contributed by atoms with van der Waals surface area (Å²) in [6.07, 6.45) is 0. The Labute approximate surface area is 102 Å². The van der Waals surface area contributed by atoms with Crippen molar-refractivity contribution >= 4 is 11.7 Å². The lowest BCUT2D eigenvalue weighted by Crippen LogP contribution is -1.91. The number of nitrogens with zero attached hydrogens (tertiary/aromatic N) is 2. The van der Waals surface area contributed by atoms with Crippen molar-refractivity contribution in [3.05, 3.63) is 23.8 Å². The number of methoxy groups -OCH3 is 2. The molecule has 0 aliphatic rings. The van der Waals surface area contributed by atoms with E-state index in [1.165, 1.54) is 0 Å². The maximum Gasteiger partial charge on any atom is 0.119 e. The van der Waals surface area contributed by atoms with Gasteiger partial charge in [0.05, 0.1) is 31.5 Å². The molecule has 0 bridgehead atoms. The Morgan fingerprint density at radius 2 is 2.06 bits per heavy atom. The molecule has 0 aliphatic carbocycles. The summed E-state index contributed by atoms with van der Waals surface area (Å²) in [4.78, 5) is 8.26. The molecule has 92 valence electrons. The van der Waals surface area contributed by atoms with E-state index in [0.29, 0.717) is 6.61 Å². The molecule has 0 heterocycles. The molecule has 1 aromatic carbocycles. The van der Waals surface area contributed by atoms with Gasteiger partial charge >= 0.3 is 0 Å². The van der Waals surface area contributed by atoms with Crippen molar-refractivity contribution in [1.82, 2.24) is 0 Å². The number of aliphatic imine (C=N–C) groups is 2. The van der Waals surface area contributed by atoms with Crippen LogP contribution in [0.5, 0.6) is 5.75 Å². The minimum Gasteiger partial charge on any atom is -0.497 e. The maximum atomic E-state index is 5.16. The van der Waals surface area contributed by atoms with Crippen molar-refractivity contribution in [2.75, 3.05) is 14.2 Å². The number of rotatable bonds is 5. The van der Waals surface area contributed by atoms with Gasteiger partial charge in [-0.05, 0) is 32.0 Å². The predicted molar refractivity (Wildman–Crippen MR) is 68.4 cm³/mol. The van der Waals surface area contributed by atoms with Gasteiger partial charge in [0.1, 0.15) is 5.75 Å². The normalized spacial score (nSPS) is 9.94. The lowest BCUT2D eigenvalue weighted by molar-refractivity contribution is 0.185. The first-order valence-corrected chi connectivity index (χ1v) is 5.48. The number of hydrogen-bond donors (Lipinski definition) is 0. The van der Waals surface area contributed by atoms with Crippen LogP contribution in [0.15, 0.2) is 28.2 Å². The van der Waals surface area contributed by atoms with Gasteiger partial charge in [0.25, 0.3) is 0 Å². The quantitative estimate of drug-likeness (QED) is 0.735. The Morgan fingerprint density at radius 1 is 1.29 bits per heavy atom. The molecule has 0 radical (unpaired) electrons. The number of hydrogen-bond acceptors (Lipinski definition) is 4. The third-order valence-electron chi connectivity index (χ3n) is 2.07. The van der Waals surface area contributed by atoms with Crippen LogP contribution in [0.3, 0.4) is 0 Å². The summed E-state index contributed by atoms with van der Waals surface area (Å²) in [5.41, 5.74) is 1.76. The summed E-state index contributed by atoms with van der Waals surface area (Å²) in [7, 11) is 3.28. The molecular weight excluding hydrogens is 216 g/mol. The average molecular weight is 234 g/mol. The first-order valence-electron chi connectivity index (χ1n) is 5.48. The van der Waals surface area contributed by atoms with Gasteiger partial charge < -0.3 is 9.47 Å². The van der Waals surface area contributed by atoms with Crippen LogP contribution in [0.1, 0.15) is 19.4 Å². The topological polar surface area (TPSA) is 43.2 Å². The highest BCUT2D eigenvalue weighted by Gasteiger charge is 2.02. The molecule has 0 atom stereocenters. The van der Waals surface area contributed by atoms with E-state index in [2.05, 4.69) is 16.0 Å². The van der Waals surface area contributed by atoms with Gasteiger partial charge in [0, 0.05) is 12.7 Å². The monoisotopic (exact) mass is 234 g/mol. The van der Waals surface area contributed by atoms with Crippen LogP contribution in [0.25, 0.3) is 0 Å². The first kappa shape index (κ1) is 13.4. The molecule has 0 saturated heterocycles. The molecule has 0 saturated carbocycles. The standard InChI is InChI=1S/C13H18N2O2/c1-10(2)14-9-15-13-6-5-12(17-4)7-11(13)8-16-3/h5-7,10H,8H2,1-4H3. The Kier molecular flexibility index (Phi) is 5.40. The predicted octanol–water partition coefficient (Wildman–Crippen LogP) is 3.06. The minimum atomic E-state index is 0.197. The van der Waals surface area contributed by atoms with E-state index in [9.17, 15) is 0 Å². The van der Waals surface area contributed by atoms with Crippen LogP contribution in [0.4, 0.5) is 5.69 Å². The summed E-state index contributed by atoms with van der Waals surface area (Å²) in [5, 5.41) is 0. The molecular formula is C13H18N2O2. The summed E-state index contributed by atoms with van der Waals surface area (Å²) in [5.74, 6) is 0.789. The van der Waals surface area contributed by atoms with Crippen LogP contribution in [0.2, 0.25) is 0 Å². The average Bonchev–Trinajstić information content (AvgIpc) is 2.31. The summed E-state index contributed by atoms with van der Waals surface area (Å²) in [6, 6.07) is 8.52. The number of benzene rings is 1. The molecule has 0 unspecified atom stereocenters. The summed E-state index contributed by atoms with van der Waals surface area (Å²) in [6.45, 7) is 4.44. The van der Waals surface area contributed by atoms with E-state index >= 15 is 0 Å². The smallest absolute Gasteiger partial charge is 0.119 e. The number of ether oxygens (including phenoxy) is 2. The van der Waals surface area contributed by atoms with Gasteiger partial charge in [0.15, 0.2) is 0 Å². The zero-order valence-corrected chi connectivity index (χ0v) is 10.7. The Hall–Kier alpha value is -1.64. The SMILES string of the molecule is COCc1cc(OC)ccc1N=C=NC(C)C. The van der Waals surface area contributed by atoms with Crippen LogP contribution >= 0.6 is 0 Å². The highest BCUT2D eigenvalue weighted by Crippen LogP contribution is 2.24. The lowest BCUT2D eigenvalue weighted by Gasteiger charge is -2.06. The zero-order valence-electron chi connectivity index (χ0n) is 10.7. The van der Waals surface area contributed by atoms with Gasteiger partial charge in [-0.15, -0.1) is 0 Å². The van der Waals surface area contributed by atoms with E-state index < -0.39 is 0 Å². The van der Waals surface area contributed by atoms with Crippen molar-refractivity contribution in [1.29, 1.82) is 0 Å². The van der Waals surface area contributed by atoms with E-state index in [-0.39, 0.29) is 6.04 Å². The molecule has 4 nitrogen and oxygen atoms in total. The van der Waals surface area contributed by atoms with Gasteiger partial charge in [-0.3, -0.25) is 0 Å². The molecule has 1 aromatic rings. The molecule has 0 aromatic heterocycles. The zero-order chi connectivity index (χ0) is 12.7. The van der Waals surface area contributed by atoms with Gasteiger partial charge in [-0.1, -0.05) is 0 Å². The van der Waals surface area contributed by atoms with E-state index in [4.69, 9.17) is 9.47 Å². The fraction of sp³-hybridized carbons (Fsp3) is 0.462. The highest BCUT2D eigenvalue weighted by molar-refractivity contribution is 5.57. The summed E-state index contributed by atoms with van der Waals surface area (Å²) < 4.78 is 10.3. The van der Waals surface area contributed by atoms with Gasteiger partial charge in [-0.2, -0.15) is 4.99 Å². The second-order valence-corrected chi connectivity index (χ2v) is 3.86. The van der Waals surface area contributed by atoms with Crippen molar-refractivity contribution in [3.8, 4) is 5.75 Å². The van der Waals surface area contributed by atoms with Crippen molar-refractivity contribution < 1.29 is 9.47 Å². The fourth-order valence-electron chi connectivity index (χ4n) is 1.27. The fourth-order valence-corrected chi connectivity index (χ4v) is 1.27. The maximum absolute atomic E-state index is 5.16. The Bertz CT molecular complexity index is 421. The molecule has 17 heavy (non-hydrogen) atoms. The van der Waals surface area contributed by atoms with Gasteiger partial charge in [0.2, 0.25) is 0 Å². The van der Waals surface area contributed by atoms with Crippen molar-refractivity contribution in [2.45, 2.75) is 26.5 Å². The van der Waals surface area contributed by atoms with Gasteiger partial charge in [-0.25, -0.2) is 4.99 Å². The van der Waals surface area contributed by atoms with Crippen molar-refractivity contribution in [2.24, 2.45) is 9.98 Å². The van der Waals surface area contributed by atoms with E-state index in [0.717, 1.165) is 17.0 Å². The first-order chi connectivity index (χ1) is 8.17. The molecule has 0 amide bonds. The van der Waals surface area contributed by atoms with Crippen LogP contribution in [-0.2, 0) is 11.3 Å². The van der Waals surface area contributed by atoms with Crippen molar-refractivity contribution in [3.63, 3.8) is 0 Å². The third-order valence-corrected chi connectivity index (χ3v) is 2.07. The van der Waals surface area contributed by atoms with Crippen LogP contribution < -0.4 is 4.74 Å². The summed E-state index contributed by atoms with van der Waals surface area (Å²) >= 11 is 0. The minimum absolute atomic E-state index is 0.197. The molecule has 0 N–H and O–H groups in total. The molecule has 0 spiro atoms. The third kappa shape index (κ3) is 4.39. The second kappa shape index (κ2) is 6.84. The second-order valence-electron chi connectivity index (χ2n) is 3.86. The van der Waals surface area contributed by atoms with E-state index in [1.54, 1.807) is 14.2 Å². The highest BCUT2D eigenvalue weighted by atomic mass is 16.5. The molecule has 0 fully saturated rings. The Morgan fingerprint density at radius 3 is 2.65 bits per heavy atom. The van der Waals surface area contributed by atoms with Crippen LogP contribution in [-0.4, -0.2) is 26.3 Å². The molecule has 1 rings (SSSR count). The lowest BCUT2D eigenvalue weighted by atomic mass is 10.2. The Balaban J connectivity index is 3.01.